The zero-order valence-electron chi connectivity index (χ0n) is 11.3. The highest BCUT2D eigenvalue weighted by Crippen LogP contribution is 2.36. The summed E-state index contributed by atoms with van der Waals surface area (Å²) in [6, 6.07) is 10.5. The summed E-state index contributed by atoms with van der Waals surface area (Å²) in [7, 11) is 2.01. The van der Waals surface area contributed by atoms with Crippen molar-refractivity contribution in [2.45, 2.75) is 18.9 Å². The number of fused-ring (bicyclic) bond motifs is 1. The number of para-hydroxylation sites is 1. The number of ether oxygens (including phenoxy) is 1. The number of hydrogen-bond acceptors (Lipinski definition) is 3. The average molecular weight is 256 g/mol. The van der Waals surface area contributed by atoms with Crippen LogP contribution in [-0.2, 0) is 4.74 Å². The smallest absolute Gasteiger partial charge is 0.0886 e. The van der Waals surface area contributed by atoms with Crippen molar-refractivity contribution in [3.63, 3.8) is 0 Å². The Bertz CT molecular complexity index is 548. The maximum atomic E-state index is 6.06. The van der Waals surface area contributed by atoms with Gasteiger partial charge in [0.2, 0.25) is 0 Å². The predicted octanol–water partition coefficient (Wildman–Crippen LogP) is 2.92. The molecule has 0 spiro atoms. The van der Waals surface area contributed by atoms with Gasteiger partial charge in [-0.1, -0.05) is 24.3 Å². The van der Waals surface area contributed by atoms with E-state index in [0.717, 1.165) is 25.1 Å². The van der Waals surface area contributed by atoms with E-state index in [-0.39, 0.29) is 6.10 Å². The number of nitrogens with one attached hydrogen (secondary N) is 1. The molecule has 3 rings (SSSR count). The Labute approximate surface area is 114 Å². The highest BCUT2D eigenvalue weighted by molar-refractivity contribution is 5.81. The molecule has 19 heavy (non-hydrogen) atoms. The van der Waals surface area contributed by atoms with E-state index in [0.29, 0.717) is 5.92 Å². The van der Waals surface area contributed by atoms with Crippen molar-refractivity contribution in [1.82, 2.24) is 10.3 Å². The molecule has 0 amide bonds. The van der Waals surface area contributed by atoms with E-state index in [1.54, 1.807) is 0 Å². The molecule has 1 saturated heterocycles. The highest BCUT2D eigenvalue weighted by atomic mass is 16.5. The molecule has 1 aromatic heterocycles. The van der Waals surface area contributed by atoms with E-state index in [1.165, 1.54) is 17.4 Å². The largest absolute Gasteiger partial charge is 0.373 e. The summed E-state index contributed by atoms with van der Waals surface area (Å²) in [6.07, 6.45) is 4.40. The number of aromatic nitrogens is 1. The number of hydrogen-bond donors (Lipinski definition) is 1. The zero-order valence-corrected chi connectivity index (χ0v) is 11.3. The van der Waals surface area contributed by atoms with Crippen LogP contribution in [0.5, 0.6) is 0 Å². The second kappa shape index (κ2) is 5.68. The summed E-state index contributed by atoms with van der Waals surface area (Å²) < 4.78 is 6.06. The van der Waals surface area contributed by atoms with Crippen LogP contribution in [0.1, 0.15) is 24.5 Å². The Hall–Kier alpha value is -1.45. The molecule has 0 bridgehead atoms. The summed E-state index contributed by atoms with van der Waals surface area (Å²) in [5, 5.41) is 4.48. The van der Waals surface area contributed by atoms with Crippen molar-refractivity contribution in [1.29, 1.82) is 0 Å². The summed E-state index contributed by atoms with van der Waals surface area (Å²) >= 11 is 0. The minimum atomic E-state index is 0.166. The second-order valence-corrected chi connectivity index (χ2v) is 5.17. The summed E-state index contributed by atoms with van der Waals surface area (Å²) in [5.41, 5.74) is 2.32. The summed E-state index contributed by atoms with van der Waals surface area (Å²) in [6.45, 7) is 1.85. The molecule has 1 aliphatic rings. The topological polar surface area (TPSA) is 34.1 Å². The van der Waals surface area contributed by atoms with Crippen LogP contribution in [0, 0.1) is 5.92 Å². The van der Waals surface area contributed by atoms with E-state index in [2.05, 4.69) is 34.6 Å². The monoisotopic (exact) mass is 256 g/mol. The third-order valence-electron chi connectivity index (χ3n) is 3.88. The van der Waals surface area contributed by atoms with E-state index in [9.17, 15) is 0 Å². The highest BCUT2D eigenvalue weighted by Gasteiger charge is 2.28. The van der Waals surface area contributed by atoms with Crippen molar-refractivity contribution in [3.8, 4) is 0 Å². The first-order chi connectivity index (χ1) is 9.40. The molecule has 100 valence electrons. The number of benzene rings is 1. The Kier molecular flexibility index (Phi) is 3.76. The average Bonchev–Trinajstić information content (AvgIpc) is 2.48. The number of pyridine rings is 1. The fourth-order valence-corrected chi connectivity index (χ4v) is 3.02. The molecular weight excluding hydrogens is 236 g/mol. The SMILES string of the molecule is CNCC1CCCOC1c1cccc2cccnc12. The van der Waals surface area contributed by atoms with Crippen molar-refractivity contribution in [2.24, 2.45) is 5.92 Å². The van der Waals surface area contributed by atoms with Crippen molar-refractivity contribution in [2.75, 3.05) is 20.2 Å². The molecule has 2 atom stereocenters. The van der Waals surface area contributed by atoms with Crippen LogP contribution < -0.4 is 5.32 Å². The molecule has 3 heteroatoms. The van der Waals surface area contributed by atoms with Gasteiger partial charge in [-0.3, -0.25) is 4.98 Å². The van der Waals surface area contributed by atoms with Crippen LogP contribution >= 0.6 is 0 Å². The fraction of sp³-hybridized carbons (Fsp3) is 0.438. The Morgan fingerprint density at radius 2 is 2.21 bits per heavy atom. The first-order valence-corrected chi connectivity index (χ1v) is 7.00. The minimum Gasteiger partial charge on any atom is -0.373 e. The van der Waals surface area contributed by atoms with Gasteiger partial charge < -0.3 is 10.1 Å². The van der Waals surface area contributed by atoms with Crippen LogP contribution in [0.3, 0.4) is 0 Å². The summed E-state index contributed by atoms with van der Waals surface area (Å²) in [5.74, 6) is 0.534. The van der Waals surface area contributed by atoms with Gasteiger partial charge in [-0.2, -0.15) is 0 Å². The third-order valence-corrected chi connectivity index (χ3v) is 3.88. The quantitative estimate of drug-likeness (QED) is 0.917. The molecule has 0 saturated carbocycles. The number of nitrogens with zero attached hydrogens (tertiary/aromatic N) is 1. The van der Waals surface area contributed by atoms with E-state index in [4.69, 9.17) is 4.74 Å². The Morgan fingerprint density at radius 1 is 1.32 bits per heavy atom. The fourth-order valence-electron chi connectivity index (χ4n) is 3.02. The second-order valence-electron chi connectivity index (χ2n) is 5.17. The first-order valence-electron chi connectivity index (χ1n) is 7.00. The molecule has 1 N–H and O–H groups in total. The van der Waals surface area contributed by atoms with Gasteiger partial charge in [0.05, 0.1) is 11.6 Å². The third kappa shape index (κ3) is 2.48. The van der Waals surface area contributed by atoms with Crippen molar-refractivity contribution >= 4 is 10.9 Å². The molecule has 2 unspecified atom stereocenters. The molecule has 2 heterocycles. The van der Waals surface area contributed by atoms with Gasteiger partial charge in [0.15, 0.2) is 0 Å². The van der Waals surface area contributed by atoms with Crippen molar-refractivity contribution < 1.29 is 4.74 Å². The Morgan fingerprint density at radius 3 is 3.11 bits per heavy atom. The van der Waals surface area contributed by atoms with Gasteiger partial charge >= 0.3 is 0 Å². The van der Waals surface area contributed by atoms with E-state index < -0.39 is 0 Å². The molecule has 0 radical (unpaired) electrons. The van der Waals surface area contributed by atoms with Gasteiger partial charge in [0, 0.05) is 36.2 Å². The molecule has 3 nitrogen and oxygen atoms in total. The molecule has 2 aromatic rings. The lowest BCUT2D eigenvalue weighted by Gasteiger charge is -2.32. The zero-order chi connectivity index (χ0) is 13.1. The molecular formula is C16H20N2O. The summed E-state index contributed by atoms with van der Waals surface area (Å²) in [4.78, 5) is 4.55. The molecule has 0 aliphatic carbocycles. The van der Waals surface area contributed by atoms with Crippen LogP contribution in [0.4, 0.5) is 0 Å². The maximum absolute atomic E-state index is 6.06. The number of rotatable bonds is 3. The Balaban J connectivity index is 2.02. The van der Waals surface area contributed by atoms with Gasteiger partial charge in [-0.15, -0.1) is 0 Å². The van der Waals surface area contributed by atoms with E-state index >= 15 is 0 Å². The maximum Gasteiger partial charge on any atom is 0.0886 e. The van der Waals surface area contributed by atoms with Crippen LogP contribution in [-0.4, -0.2) is 25.2 Å². The molecule has 1 aromatic carbocycles. The van der Waals surface area contributed by atoms with Gasteiger partial charge in [0.1, 0.15) is 0 Å². The van der Waals surface area contributed by atoms with Crippen LogP contribution in [0.25, 0.3) is 10.9 Å². The molecule has 1 fully saturated rings. The molecule has 1 aliphatic heterocycles. The normalized spacial score (nSPS) is 23.6. The van der Waals surface area contributed by atoms with E-state index in [1.807, 2.05) is 19.3 Å². The standard InChI is InChI=1S/C16H20N2O/c1-17-11-13-7-4-10-19-16(13)14-8-2-5-12-6-3-9-18-15(12)14/h2-3,5-6,8-9,13,16-17H,4,7,10-11H2,1H3. The van der Waals surface area contributed by atoms with Crippen LogP contribution in [0.2, 0.25) is 0 Å². The van der Waals surface area contributed by atoms with Crippen LogP contribution in [0.15, 0.2) is 36.5 Å². The lowest BCUT2D eigenvalue weighted by Crippen LogP contribution is -2.30. The predicted molar refractivity (Wildman–Crippen MR) is 77.1 cm³/mol. The van der Waals surface area contributed by atoms with Gasteiger partial charge in [0.25, 0.3) is 0 Å². The van der Waals surface area contributed by atoms with Crippen molar-refractivity contribution in [3.05, 3.63) is 42.1 Å². The minimum absolute atomic E-state index is 0.166. The lowest BCUT2D eigenvalue weighted by molar-refractivity contribution is -0.0264. The van der Waals surface area contributed by atoms with Gasteiger partial charge in [-0.25, -0.2) is 0 Å². The lowest BCUT2D eigenvalue weighted by atomic mass is 9.88. The first kappa shape index (κ1) is 12.6. The van der Waals surface area contributed by atoms with Gasteiger partial charge in [-0.05, 0) is 26.0 Å².